The van der Waals surface area contributed by atoms with Crippen LogP contribution in [0.1, 0.15) is 11.1 Å². The molecule has 0 N–H and O–H groups in total. The highest BCUT2D eigenvalue weighted by Gasteiger charge is 2.38. The minimum Gasteiger partial charge on any atom is -0.258 e. The quantitative estimate of drug-likeness (QED) is 0.410. The average molecular weight is 357 g/mol. The van der Waals surface area contributed by atoms with Crippen LogP contribution < -0.4 is 0 Å². The molecular weight excluding hydrogens is 343 g/mol. The molecule has 0 aromatic heterocycles. The van der Waals surface area contributed by atoms with Crippen molar-refractivity contribution in [3.05, 3.63) is 88.0 Å². The summed E-state index contributed by atoms with van der Waals surface area (Å²) >= 11 is 0. The first-order chi connectivity index (χ1) is 12.3. The fourth-order valence-electron chi connectivity index (χ4n) is 3.03. The summed E-state index contributed by atoms with van der Waals surface area (Å²) in [5.74, 6) is 0. The maximum Gasteiger partial charge on any atom is 0.416 e. The SMILES string of the molecule is Cc1c(C(F)(F)F)cc(-c2ccccc2)c(-c2ccccc2)c1[N+](=O)[O-]. The van der Waals surface area contributed by atoms with Crippen LogP contribution in [0, 0.1) is 17.0 Å². The van der Waals surface area contributed by atoms with Crippen molar-refractivity contribution in [2.45, 2.75) is 13.1 Å². The maximum absolute atomic E-state index is 13.5. The molecule has 0 radical (unpaired) electrons. The molecule has 0 aliphatic heterocycles. The summed E-state index contributed by atoms with van der Waals surface area (Å²) in [5, 5.41) is 11.7. The summed E-state index contributed by atoms with van der Waals surface area (Å²) in [7, 11) is 0. The molecular formula is C20H14F3NO2. The van der Waals surface area contributed by atoms with Gasteiger partial charge in [0.15, 0.2) is 0 Å². The molecule has 0 amide bonds. The first-order valence-corrected chi connectivity index (χ1v) is 7.80. The molecule has 0 unspecified atom stereocenters. The van der Waals surface area contributed by atoms with Gasteiger partial charge in [0.2, 0.25) is 0 Å². The van der Waals surface area contributed by atoms with Crippen molar-refractivity contribution < 1.29 is 18.1 Å². The van der Waals surface area contributed by atoms with E-state index in [-0.39, 0.29) is 16.7 Å². The fourth-order valence-corrected chi connectivity index (χ4v) is 3.03. The molecule has 0 heterocycles. The van der Waals surface area contributed by atoms with E-state index in [1.54, 1.807) is 60.7 Å². The molecule has 3 aromatic carbocycles. The predicted molar refractivity (Wildman–Crippen MR) is 93.7 cm³/mol. The number of hydrogen-bond donors (Lipinski definition) is 0. The first-order valence-electron chi connectivity index (χ1n) is 7.80. The second kappa shape index (κ2) is 6.63. The Balaban J connectivity index is 2.48. The molecule has 0 bridgehead atoms. The molecule has 0 saturated carbocycles. The Labute approximate surface area is 147 Å². The number of benzene rings is 3. The molecule has 132 valence electrons. The molecule has 6 heteroatoms. The molecule has 0 aliphatic carbocycles. The van der Waals surface area contributed by atoms with Crippen LogP contribution in [0.2, 0.25) is 0 Å². The molecule has 0 saturated heterocycles. The predicted octanol–water partition coefficient (Wildman–Crippen LogP) is 6.26. The molecule has 0 aliphatic rings. The summed E-state index contributed by atoms with van der Waals surface area (Å²) in [6, 6.07) is 17.8. The molecule has 0 atom stereocenters. The lowest BCUT2D eigenvalue weighted by atomic mass is 9.88. The summed E-state index contributed by atoms with van der Waals surface area (Å²) in [6.45, 7) is 1.14. The highest BCUT2D eigenvalue weighted by atomic mass is 19.4. The molecule has 26 heavy (non-hydrogen) atoms. The van der Waals surface area contributed by atoms with Crippen LogP contribution in [0.5, 0.6) is 0 Å². The van der Waals surface area contributed by atoms with Gasteiger partial charge in [0.05, 0.1) is 16.1 Å². The van der Waals surface area contributed by atoms with Gasteiger partial charge in [0.1, 0.15) is 0 Å². The largest absolute Gasteiger partial charge is 0.416 e. The second-order valence-electron chi connectivity index (χ2n) is 5.81. The van der Waals surface area contributed by atoms with E-state index in [1.165, 1.54) is 0 Å². The van der Waals surface area contributed by atoms with E-state index in [1.807, 2.05) is 0 Å². The van der Waals surface area contributed by atoms with Crippen molar-refractivity contribution in [1.29, 1.82) is 0 Å². The van der Waals surface area contributed by atoms with Crippen molar-refractivity contribution in [3.8, 4) is 22.3 Å². The van der Waals surface area contributed by atoms with Gasteiger partial charge in [-0.05, 0) is 29.7 Å². The first kappa shape index (κ1) is 17.7. The average Bonchev–Trinajstić information content (AvgIpc) is 2.61. The van der Waals surface area contributed by atoms with Crippen molar-refractivity contribution in [3.63, 3.8) is 0 Å². The van der Waals surface area contributed by atoms with Gasteiger partial charge in [-0.25, -0.2) is 0 Å². The third kappa shape index (κ3) is 3.18. The van der Waals surface area contributed by atoms with E-state index in [0.29, 0.717) is 11.1 Å². The normalized spacial score (nSPS) is 11.4. The van der Waals surface area contributed by atoms with E-state index < -0.39 is 22.4 Å². The number of alkyl halides is 3. The standard InChI is InChI=1S/C20H14F3NO2/c1-13-17(20(21,22)23)12-16(14-8-4-2-5-9-14)18(19(13)24(25)26)15-10-6-3-7-11-15/h2-12H,1H3. The topological polar surface area (TPSA) is 43.1 Å². The number of nitro benzene ring substituents is 1. The zero-order valence-corrected chi connectivity index (χ0v) is 13.7. The highest BCUT2D eigenvalue weighted by Crippen LogP contribution is 2.46. The van der Waals surface area contributed by atoms with Crippen LogP contribution in [-0.4, -0.2) is 4.92 Å². The van der Waals surface area contributed by atoms with Gasteiger partial charge in [-0.15, -0.1) is 0 Å². The van der Waals surface area contributed by atoms with Gasteiger partial charge < -0.3 is 0 Å². The zero-order valence-electron chi connectivity index (χ0n) is 13.7. The maximum atomic E-state index is 13.5. The van der Waals surface area contributed by atoms with Gasteiger partial charge in [0, 0.05) is 5.56 Å². The van der Waals surface area contributed by atoms with E-state index in [2.05, 4.69) is 0 Å². The Morgan fingerprint density at radius 2 is 1.38 bits per heavy atom. The van der Waals surface area contributed by atoms with Crippen LogP contribution >= 0.6 is 0 Å². The lowest BCUT2D eigenvalue weighted by molar-refractivity contribution is -0.384. The Kier molecular flexibility index (Phi) is 4.50. The summed E-state index contributed by atoms with van der Waals surface area (Å²) in [4.78, 5) is 11.0. The Morgan fingerprint density at radius 1 is 0.885 bits per heavy atom. The van der Waals surface area contributed by atoms with Crippen molar-refractivity contribution in [2.24, 2.45) is 0 Å². The molecule has 0 spiro atoms. The fraction of sp³-hybridized carbons (Fsp3) is 0.100. The van der Waals surface area contributed by atoms with Crippen molar-refractivity contribution >= 4 is 5.69 Å². The number of nitrogens with zero attached hydrogens (tertiary/aromatic N) is 1. The van der Waals surface area contributed by atoms with Gasteiger partial charge in [-0.1, -0.05) is 60.7 Å². The van der Waals surface area contributed by atoms with E-state index in [9.17, 15) is 23.3 Å². The van der Waals surface area contributed by atoms with E-state index in [0.717, 1.165) is 13.0 Å². The summed E-state index contributed by atoms with van der Waals surface area (Å²) in [6.07, 6.45) is -4.69. The van der Waals surface area contributed by atoms with Gasteiger partial charge in [0.25, 0.3) is 5.69 Å². The van der Waals surface area contributed by atoms with Crippen LogP contribution in [0.3, 0.4) is 0 Å². The van der Waals surface area contributed by atoms with Crippen LogP contribution in [-0.2, 0) is 6.18 Å². The van der Waals surface area contributed by atoms with Gasteiger partial charge in [-0.3, -0.25) is 10.1 Å². The Hall–Kier alpha value is -3.15. The Morgan fingerprint density at radius 3 is 1.85 bits per heavy atom. The van der Waals surface area contributed by atoms with Crippen LogP contribution in [0.15, 0.2) is 66.7 Å². The monoisotopic (exact) mass is 357 g/mol. The lowest BCUT2D eigenvalue weighted by Crippen LogP contribution is -2.11. The molecule has 3 nitrogen and oxygen atoms in total. The van der Waals surface area contributed by atoms with E-state index in [4.69, 9.17) is 0 Å². The summed E-state index contributed by atoms with van der Waals surface area (Å²) < 4.78 is 40.5. The number of nitro groups is 1. The lowest BCUT2D eigenvalue weighted by Gasteiger charge is -2.18. The number of rotatable bonds is 3. The number of halogens is 3. The highest BCUT2D eigenvalue weighted by molar-refractivity contribution is 5.91. The van der Waals surface area contributed by atoms with Gasteiger partial charge in [-0.2, -0.15) is 13.2 Å². The smallest absolute Gasteiger partial charge is 0.258 e. The second-order valence-corrected chi connectivity index (χ2v) is 5.81. The van der Waals surface area contributed by atoms with E-state index >= 15 is 0 Å². The Bertz CT molecular complexity index is 952. The molecule has 3 aromatic rings. The third-order valence-corrected chi connectivity index (χ3v) is 4.19. The zero-order chi connectivity index (χ0) is 18.9. The molecule has 0 fully saturated rings. The third-order valence-electron chi connectivity index (χ3n) is 4.19. The minimum atomic E-state index is -4.69. The van der Waals surface area contributed by atoms with Crippen LogP contribution in [0.25, 0.3) is 22.3 Å². The van der Waals surface area contributed by atoms with Crippen molar-refractivity contribution in [2.75, 3.05) is 0 Å². The molecule has 3 rings (SSSR count). The van der Waals surface area contributed by atoms with Crippen molar-refractivity contribution in [1.82, 2.24) is 0 Å². The van der Waals surface area contributed by atoms with Gasteiger partial charge >= 0.3 is 6.18 Å². The minimum absolute atomic E-state index is 0.182. The van der Waals surface area contributed by atoms with Crippen LogP contribution in [0.4, 0.5) is 18.9 Å². The summed E-state index contributed by atoms with van der Waals surface area (Å²) in [5.41, 5.74) is -0.558. The number of hydrogen-bond acceptors (Lipinski definition) is 2.